The van der Waals surface area contributed by atoms with Gasteiger partial charge in [-0.05, 0) is 68.8 Å². The van der Waals surface area contributed by atoms with E-state index in [1.165, 1.54) is 6.92 Å². The molecule has 0 bridgehead atoms. The number of nitrogens with zero attached hydrogens (tertiary/aromatic N) is 1. The quantitative estimate of drug-likeness (QED) is 0.752. The number of nitrogens with one attached hydrogen (secondary N) is 1. The first-order valence-electron chi connectivity index (χ1n) is 8.42. The van der Waals surface area contributed by atoms with Gasteiger partial charge in [0.15, 0.2) is 0 Å². The lowest BCUT2D eigenvalue weighted by Gasteiger charge is -2.28. The molecule has 8 heteroatoms. The van der Waals surface area contributed by atoms with E-state index in [2.05, 4.69) is 5.32 Å². The van der Waals surface area contributed by atoms with Gasteiger partial charge in [-0.2, -0.15) is 0 Å². The van der Waals surface area contributed by atoms with Crippen LogP contribution in [0.1, 0.15) is 19.4 Å². The summed E-state index contributed by atoms with van der Waals surface area (Å²) in [7, 11) is -3.69. The number of carbonyl (C=O) groups excluding carboxylic acids is 1. The lowest BCUT2D eigenvalue weighted by Crippen LogP contribution is -2.45. The topological polar surface area (TPSA) is 75.7 Å². The summed E-state index contributed by atoms with van der Waals surface area (Å²) in [6.45, 7) is 5.72. The average Bonchev–Trinajstić information content (AvgIpc) is 2.58. The van der Waals surface area contributed by atoms with Gasteiger partial charge in [-0.15, -0.1) is 0 Å². The van der Waals surface area contributed by atoms with Gasteiger partial charge < -0.3 is 10.1 Å². The van der Waals surface area contributed by atoms with Crippen LogP contribution in [0.2, 0.25) is 5.02 Å². The molecule has 1 amide bonds. The number of rotatable bonds is 7. The SMILES string of the molecule is CCOc1ccc(N([C@H](C)C(=O)Nc2ccc(Cl)cc2C)S(C)(=O)=O)cc1. The molecule has 0 saturated heterocycles. The third-order valence-electron chi connectivity index (χ3n) is 3.94. The molecule has 2 rings (SSSR count). The molecule has 6 nitrogen and oxygen atoms in total. The van der Waals surface area contributed by atoms with E-state index in [0.29, 0.717) is 28.8 Å². The molecule has 2 aromatic rings. The predicted molar refractivity (Wildman–Crippen MR) is 109 cm³/mol. The van der Waals surface area contributed by atoms with Crippen LogP contribution < -0.4 is 14.4 Å². The van der Waals surface area contributed by atoms with Gasteiger partial charge in [0.1, 0.15) is 11.8 Å². The number of sulfonamides is 1. The molecule has 0 aliphatic carbocycles. The number of anilines is 2. The molecule has 0 fully saturated rings. The van der Waals surface area contributed by atoms with Crippen molar-refractivity contribution in [2.24, 2.45) is 0 Å². The van der Waals surface area contributed by atoms with Gasteiger partial charge >= 0.3 is 0 Å². The lowest BCUT2D eigenvalue weighted by atomic mass is 10.2. The van der Waals surface area contributed by atoms with Gasteiger partial charge in [0.2, 0.25) is 15.9 Å². The molecule has 1 N–H and O–H groups in total. The highest BCUT2D eigenvalue weighted by Crippen LogP contribution is 2.25. The Bertz CT molecular complexity index is 914. The van der Waals surface area contributed by atoms with Crippen LogP contribution in [-0.2, 0) is 14.8 Å². The van der Waals surface area contributed by atoms with Crippen molar-refractivity contribution in [2.45, 2.75) is 26.8 Å². The van der Waals surface area contributed by atoms with Crippen LogP contribution in [0, 0.1) is 6.92 Å². The monoisotopic (exact) mass is 410 g/mol. The molecular formula is C19H23ClN2O4S. The Morgan fingerprint density at radius 3 is 2.37 bits per heavy atom. The number of amides is 1. The summed E-state index contributed by atoms with van der Waals surface area (Å²) in [6.07, 6.45) is 1.07. The maximum absolute atomic E-state index is 12.7. The van der Waals surface area contributed by atoms with Gasteiger partial charge in [0.25, 0.3) is 0 Å². The van der Waals surface area contributed by atoms with Crippen LogP contribution in [0.3, 0.4) is 0 Å². The molecule has 27 heavy (non-hydrogen) atoms. The van der Waals surface area contributed by atoms with Crippen molar-refractivity contribution in [1.29, 1.82) is 0 Å². The summed E-state index contributed by atoms with van der Waals surface area (Å²) in [6, 6.07) is 10.7. The van der Waals surface area contributed by atoms with Crippen LogP contribution in [0.4, 0.5) is 11.4 Å². The largest absolute Gasteiger partial charge is 0.494 e. The van der Waals surface area contributed by atoms with Crippen LogP contribution in [0.15, 0.2) is 42.5 Å². The van der Waals surface area contributed by atoms with E-state index >= 15 is 0 Å². The standard InChI is InChI=1S/C19H23ClN2O4S/c1-5-26-17-9-7-16(8-10-17)22(27(4,24)25)14(3)19(23)21-18-11-6-15(20)12-13(18)2/h6-12,14H,5H2,1-4H3,(H,21,23)/t14-/m1/s1. The van der Waals surface area contributed by atoms with E-state index in [4.69, 9.17) is 16.3 Å². The second-order valence-corrected chi connectivity index (χ2v) is 8.41. The fraction of sp³-hybridized carbons (Fsp3) is 0.316. The number of hydrogen-bond acceptors (Lipinski definition) is 4. The number of halogens is 1. The lowest BCUT2D eigenvalue weighted by molar-refractivity contribution is -0.116. The zero-order valence-corrected chi connectivity index (χ0v) is 17.3. The van der Waals surface area contributed by atoms with E-state index in [1.807, 2.05) is 13.8 Å². The molecule has 0 aromatic heterocycles. The van der Waals surface area contributed by atoms with Gasteiger partial charge in [-0.25, -0.2) is 8.42 Å². The average molecular weight is 411 g/mol. The normalized spacial score (nSPS) is 12.3. The fourth-order valence-corrected chi connectivity index (χ4v) is 4.07. The van der Waals surface area contributed by atoms with Crippen LogP contribution in [0.25, 0.3) is 0 Å². The van der Waals surface area contributed by atoms with Crippen molar-refractivity contribution in [3.8, 4) is 5.75 Å². The summed E-state index contributed by atoms with van der Waals surface area (Å²) in [5, 5.41) is 3.32. The fourth-order valence-electron chi connectivity index (χ4n) is 2.67. The van der Waals surface area contributed by atoms with E-state index in [1.54, 1.807) is 42.5 Å². The maximum atomic E-state index is 12.7. The Kier molecular flexibility index (Phi) is 6.73. The van der Waals surface area contributed by atoms with Gasteiger partial charge in [-0.1, -0.05) is 11.6 Å². The number of aryl methyl sites for hydroxylation is 1. The van der Waals surface area contributed by atoms with Gasteiger partial charge in [0.05, 0.1) is 18.6 Å². The third-order valence-corrected chi connectivity index (χ3v) is 5.41. The first-order valence-corrected chi connectivity index (χ1v) is 10.7. The van der Waals surface area contributed by atoms with E-state index in [9.17, 15) is 13.2 Å². The first kappa shape index (κ1) is 21.1. The number of benzene rings is 2. The second kappa shape index (κ2) is 8.63. The first-order chi connectivity index (χ1) is 12.6. The minimum atomic E-state index is -3.69. The minimum Gasteiger partial charge on any atom is -0.494 e. The summed E-state index contributed by atoms with van der Waals surface area (Å²) in [5.41, 5.74) is 1.75. The molecule has 0 radical (unpaired) electrons. The Balaban J connectivity index is 2.28. The minimum absolute atomic E-state index is 0.386. The Hall–Kier alpha value is -2.25. The van der Waals surface area contributed by atoms with Crippen molar-refractivity contribution < 1.29 is 17.9 Å². The summed E-state index contributed by atoms with van der Waals surface area (Å²) in [4.78, 5) is 12.7. The highest BCUT2D eigenvalue weighted by molar-refractivity contribution is 7.92. The van der Waals surface area contributed by atoms with Gasteiger partial charge in [-0.3, -0.25) is 9.10 Å². The molecule has 0 aliphatic rings. The summed E-state index contributed by atoms with van der Waals surface area (Å²) >= 11 is 5.93. The van der Waals surface area contributed by atoms with Crippen molar-refractivity contribution in [3.05, 3.63) is 53.1 Å². The molecule has 146 valence electrons. The van der Waals surface area contributed by atoms with Crippen LogP contribution >= 0.6 is 11.6 Å². The number of ether oxygens (including phenoxy) is 1. The zero-order chi connectivity index (χ0) is 20.2. The summed E-state index contributed by atoms with van der Waals surface area (Å²) in [5.74, 6) is 0.184. The molecule has 1 atom stereocenters. The molecular weight excluding hydrogens is 388 g/mol. The van der Waals surface area contributed by atoms with E-state index in [-0.39, 0.29) is 0 Å². The molecule has 0 aliphatic heterocycles. The van der Waals surface area contributed by atoms with Crippen molar-refractivity contribution in [1.82, 2.24) is 0 Å². The van der Waals surface area contributed by atoms with Gasteiger partial charge in [0, 0.05) is 10.7 Å². The second-order valence-electron chi connectivity index (χ2n) is 6.11. The zero-order valence-electron chi connectivity index (χ0n) is 15.7. The van der Waals surface area contributed by atoms with E-state index < -0.39 is 22.0 Å². The Morgan fingerprint density at radius 2 is 1.85 bits per heavy atom. The number of carbonyl (C=O) groups is 1. The predicted octanol–water partition coefficient (Wildman–Crippen LogP) is 3.84. The Labute approximate surface area is 165 Å². The molecule has 0 heterocycles. The molecule has 0 saturated carbocycles. The highest BCUT2D eigenvalue weighted by Gasteiger charge is 2.29. The van der Waals surface area contributed by atoms with Crippen molar-refractivity contribution >= 4 is 38.9 Å². The molecule has 0 spiro atoms. The van der Waals surface area contributed by atoms with Crippen LogP contribution in [0.5, 0.6) is 5.75 Å². The van der Waals surface area contributed by atoms with Crippen LogP contribution in [-0.4, -0.2) is 33.2 Å². The third kappa shape index (κ3) is 5.37. The smallest absolute Gasteiger partial charge is 0.248 e. The molecule has 0 unspecified atom stereocenters. The van der Waals surface area contributed by atoms with Crippen molar-refractivity contribution in [3.63, 3.8) is 0 Å². The van der Waals surface area contributed by atoms with E-state index in [0.717, 1.165) is 16.1 Å². The maximum Gasteiger partial charge on any atom is 0.248 e. The number of hydrogen-bond donors (Lipinski definition) is 1. The van der Waals surface area contributed by atoms with Crippen molar-refractivity contribution in [2.75, 3.05) is 22.5 Å². The highest BCUT2D eigenvalue weighted by atomic mass is 35.5. The molecule has 2 aromatic carbocycles. The Morgan fingerprint density at radius 1 is 1.22 bits per heavy atom. The summed E-state index contributed by atoms with van der Waals surface area (Å²) < 4.78 is 31.2.